The Hall–Kier alpha value is -1.71. The molecule has 0 saturated heterocycles. The van der Waals surface area contributed by atoms with E-state index in [1.807, 2.05) is 31.2 Å². The Morgan fingerprint density at radius 3 is 2.62 bits per heavy atom. The number of benzene rings is 2. The maximum Gasteiger partial charge on any atom is 0.129 e. The van der Waals surface area contributed by atoms with E-state index < -0.39 is 0 Å². The van der Waals surface area contributed by atoms with Crippen molar-refractivity contribution < 1.29 is 9.94 Å². The van der Waals surface area contributed by atoms with Gasteiger partial charge < -0.3 is 9.94 Å². The lowest BCUT2D eigenvalue weighted by atomic mass is 10.1. The van der Waals surface area contributed by atoms with E-state index in [9.17, 15) is 0 Å². The van der Waals surface area contributed by atoms with E-state index >= 15 is 0 Å². The lowest BCUT2D eigenvalue weighted by Crippen LogP contribution is -2.03. The van der Waals surface area contributed by atoms with Gasteiger partial charge in [-0.15, -0.1) is 0 Å². The van der Waals surface area contributed by atoms with Crippen molar-refractivity contribution in [2.24, 2.45) is 5.16 Å². The fourth-order valence-corrected chi connectivity index (χ4v) is 2.36. The molecule has 0 unspecified atom stereocenters. The van der Waals surface area contributed by atoms with Crippen molar-refractivity contribution >= 4 is 28.9 Å². The van der Waals surface area contributed by atoms with Crippen molar-refractivity contribution in [1.82, 2.24) is 0 Å². The number of hydrogen-bond donors (Lipinski definition) is 1. The van der Waals surface area contributed by atoms with Gasteiger partial charge in [0.1, 0.15) is 12.4 Å². The summed E-state index contributed by atoms with van der Waals surface area (Å²) in [7, 11) is 0. The number of nitrogens with zero attached hydrogens (tertiary/aromatic N) is 1. The van der Waals surface area contributed by atoms with E-state index in [2.05, 4.69) is 5.16 Å². The average molecular weight is 324 g/mol. The van der Waals surface area contributed by atoms with Gasteiger partial charge in [0, 0.05) is 21.2 Å². The predicted octanol–water partition coefficient (Wildman–Crippen LogP) is 5.08. The molecule has 110 valence electrons. The van der Waals surface area contributed by atoms with Crippen LogP contribution in [0.15, 0.2) is 41.6 Å². The van der Waals surface area contributed by atoms with Crippen LogP contribution in [-0.2, 0) is 6.61 Å². The molecule has 0 aliphatic heterocycles. The summed E-state index contributed by atoms with van der Waals surface area (Å²) in [4.78, 5) is 0. The summed E-state index contributed by atoms with van der Waals surface area (Å²) in [6.45, 7) is 4.00. The van der Waals surface area contributed by atoms with E-state index in [0.717, 1.165) is 16.7 Å². The van der Waals surface area contributed by atoms with E-state index in [-0.39, 0.29) is 0 Å². The molecule has 2 aromatic carbocycles. The topological polar surface area (TPSA) is 41.8 Å². The first-order valence-electron chi connectivity index (χ1n) is 6.37. The molecule has 2 aromatic rings. The van der Waals surface area contributed by atoms with Crippen molar-refractivity contribution in [3.63, 3.8) is 0 Å². The van der Waals surface area contributed by atoms with Crippen molar-refractivity contribution in [3.8, 4) is 5.75 Å². The molecule has 0 heterocycles. The first-order chi connectivity index (χ1) is 10.0. The van der Waals surface area contributed by atoms with Crippen molar-refractivity contribution in [2.45, 2.75) is 20.5 Å². The molecular weight excluding hydrogens is 309 g/mol. The van der Waals surface area contributed by atoms with Crippen LogP contribution in [0.4, 0.5) is 0 Å². The minimum Gasteiger partial charge on any atom is -0.488 e. The fraction of sp³-hybridized carbons (Fsp3) is 0.188. The van der Waals surface area contributed by atoms with E-state index in [4.69, 9.17) is 33.1 Å². The quantitative estimate of drug-likeness (QED) is 0.484. The summed E-state index contributed by atoms with van der Waals surface area (Å²) in [6, 6.07) is 11.0. The molecule has 5 heteroatoms. The molecule has 0 amide bonds. The number of hydrogen-bond acceptors (Lipinski definition) is 3. The molecule has 21 heavy (non-hydrogen) atoms. The summed E-state index contributed by atoms with van der Waals surface area (Å²) in [5.74, 6) is 0.649. The van der Waals surface area contributed by atoms with Gasteiger partial charge >= 0.3 is 0 Å². The highest BCUT2D eigenvalue weighted by Crippen LogP contribution is 2.25. The van der Waals surface area contributed by atoms with Crippen molar-refractivity contribution in [2.75, 3.05) is 0 Å². The third kappa shape index (κ3) is 3.90. The second kappa shape index (κ2) is 6.83. The molecule has 0 aromatic heterocycles. The highest BCUT2D eigenvalue weighted by molar-refractivity contribution is 6.35. The number of rotatable bonds is 4. The largest absolute Gasteiger partial charge is 0.488 e. The number of oxime groups is 1. The zero-order chi connectivity index (χ0) is 15.4. The first-order valence-corrected chi connectivity index (χ1v) is 7.13. The Balaban J connectivity index is 2.25. The molecule has 0 bridgehead atoms. The number of aryl methyl sites for hydroxylation is 1. The summed E-state index contributed by atoms with van der Waals surface area (Å²) in [5, 5.41) is 13.3. The highest BCUT2D eigenvalue weighted by Gasteiger charge is 2.09. The number of ether oxygens (including phenoxy) is 1. The van der Waals surface area contributed by atoms with Gasteiger partial charge in [-0.3, -0.25) is 0 Å². The maximum absolute atomic E-state index is 8.94. The van der Waals surface area contributed by atoms with Gasteiger partial charge in [-0.25, -0.2) is 0 Å². The van der Waals surface area contributed by atoms with Crippen LogP contribution >= 0.6 is 23.2 Å². The van der Waals surface area contributed by atoms with Gasteiger partial charge in [0.25, 0.3) is 0 Å². The third-order valence-electron chi connectivity index (χ3n) is 3.08. The van der Waals surface area contributed by atoms with Gasteiger partial charge in [-0.05, 0) is 43.7 Å². The van der Waals surface area contributed by atoms with Crippen LogP contribution in [0.5, 0.6) is 5.75 Å². The molecule has 3 nitrogen and oxygen atoms in total. The average Bonchev–Trinajstić information content (AvgIpc) is 2.45. The Kier molecular flexibility index (Phi) is 5.10. The summed E-state index contributed by atoms with van der Waals surface area (Å²) in [6.07, 6.45) is 0. The Morgan fingerprint density at radius 2 is 1.95 bits per heavy atom. The van der Waals surface area contributed by atoms with Gasteiger partial charge in [0.05, 0.1) is 5.71 Å². The van der Waals surface area contributed by atoms with Crippen LogP contribution in [0.1, 0.15) is 23.6 Å². The smallest absolute Gasteiger partial charge is 0.129 e. The maximum atomic E-state index is 8.94. The molecule has 1 N–H and O–H groups in total. The second-order valence-electron chi connectivity index (χ2n) is 4.71. The minimum absolute atomic E-state index is 0.311. The Bertz CT molecular complexity index is 684. The van der Waals surface area contributed by atoms with Crippen LogP contribution in [0.25, 0.3) is 0 Å². The van der Waals surface area contributed by atoms with Crippen LogP contribution < -0.4 is 4.74 Å². The van der Waals surface area contributed by atoms with E-state index in [1.54, 1.807) is 19.1 Å². The monoisotopic (exact) mass is 323 g/mol. The first kappa shape index (κ1) is 15.7. The van der Waals surface area contributed by atoms with E-state index in [1.165, 1.54) is 0 Å². The molecule has 0 aliphatic carbocycles. The van der Waals surface area contributed by atoms with Crippen LogP contribution in [0.2, 0.25) is 10.0 Å². The molecule has 0 atom stereocenters. The summed E-state index contributed by atoms with van der Waals surface area (Å²) < 4.78 is 5.83. The lowest BCUT2D eigenvalue weighted by molar-refractivity contribution is 0.303. The van der Waals surface area contributed by atoms with Crippen LogP contribution in [0, 0.1) is 6.92 Å². The molecule has 2 rings (SSSR count). The second-order valence-corrected chi connectivity index (χ2v) is 5.55. The van der Waals surface area contributed by atoms with Gasteiger partial charge in [0.2, 0.25) is 0 Å². The van der Waals surface area contributed by atoms with Gasteiger partial charge in [0.15, 0.2) is 0 Å². The highest BCUT2D eigenvalue weighted by atomic mass is 35.5. The van der Waals surface area contributed by atoms with Crippen LogP contribution in [-0.4, -0.2) is 10.9 Å². The standard InChI is InChI=1S/C16H15Cl2NO2/c1-10-3-6-14(11(2)19-20)16(7-10)21-9-12-4-5-13(17)8-15(12)18/h3-8,20H,9H2,1-2H3. The Labute approximate surface area is 133 Å². The molecular formula is C16H15Cl2NO2. The zero-order valence-electron chi connectivity index (χ0n) is 11.7. The summed E-state index contributed by atoms with van der Waals surface area (Å²) >= 11 is 12.0. The summed E-state index contributed by atoms with van der Waals surface area (Å²) in [5.41, 5.74) is 3.13. The number of halogens is 2. The van der Waals surface area contributed by atoms with Crippen LogP contribution in [0.3, 0.4) is 0 Å². The fourth-order valence-electron chi connectivity index (χ4n) is 1.90. The molecule has 0 radical (unpaired) electrons. The Morgan fingerprint density at radius 1 is 1.19 bits per heavy atom. The zero-order valence-corrected chi connectivity index (χ0v) is 13.2. The molecule has 0 fully saturated rings. The molecule has 0 spiro atoms. The van der Waals surface area contributed by atoms with Gasteiger partial charge in [-0.2, -0.15) is 0 Å². The minimum atomic E-state index is 0.311. The SMILES string of the molecule is CC(=NO)c1ccc(C)cc1OCc1ccc(Cl)cc1Cl. The van der Waals surface area contributed by atoms with Crippen molar-refractivity contribution in [1.29, 1.82) is 0 Å². The molecule has 0 aliphatic rings. The van der Waals surface area contributed by atoms with E-state index in [0.29, 0.717) is 28.1 Å². The normalized spacial score (nSPS) is 11.5. The van der Waals surface area contributed by atoms with Gasteiger partial charge in [-0.1, -0.05) is 40.5 Å². The molecule has 0 saturated carbocycles. The third-order valence-corrected chi connectivity index (χ3v) is 3.66. The van der Waals surface area contributed by atoms with Crippen molar-refractivity contribution in [3.05, 3.63) is 63.1 Å². The predicted molar refractivity (Wildman–Crippen MR) is 86.0 cm³/mol. The lowest BCUT2D eigenvalue weighted by Gasteiger charge is -2.12.